The van der Waals surface area contributed by atoms with Gasteiger partial charge >= 0.3 is 0 Å². The van der Waals surface area contributed by atoms with Crippen LogP contribution in [0.1, 0.15) is 46.8 Å². The molecule has 0 aliphatic carbocycles. The number of aliphatic imine (C=N–C) groups is 1. The molecule has 6 nitrogen and oxygen atoms in total. The van der Waals surface area contributed by atoms with E-state index in [0.717, 1.165) is 57.0 Å². The largest absolute Gasteiger partial charge is 0.376 e. The lowest BCUT2D eigenvalue weighted by atomic mass is 10.0. The summed E-state index contributed by atoms with van der Waals surface area (Å²) in [6, 6.07) is 16.4. The fourth-order valence-electron chi connectivity index (χ4n) is 4.19. The van der Waals surface area contributed by atoms with E-state index in [-0.39, 0.29) is 36.0 Å². The molecule has 0 bridgehead atoms. The Hall–Kier alpha value is -2.13. The third-order valence-electron chi connectivity index (χ3n) is 5.88. The Morgan fingerprint density at radius 3 is 2.78 bits per heavy atom. The van der Waals surface area contributed by atoms with Gasteiger partial charge in [-0.1, -0.05) is 36.4 Å². The summed E-state index contributed by atoms with van der Waals surface area (Å²) in [5, 5.41) is 6.42. The van der Waals surface area contributed by atoms with E-state index in [1.807, 2.05) is 24.3 Å². The second-order valence-electron chi connectivity index (χ2n) is 8.16. The van der Waals surface area contributed by atoms with Crippen molar-refractivity contribution >= 4 is 35.8 Å². The van der Waals surface area contributed by atoms with Gasteiger partial charge in [-0.3, -0.25) is 4.79 Å². The normalized spacial score (nSPS) is 18.0. The van der Waals surface area contributed by atoms with Crippen molar-refractivity contribution in [1.29, 1.82) is 0 Å². The predicted molar refractivity (Wildman–Crippen MR) is 139 cm³/mol. The van der Waals surface area contributed by atoms with Gasteiger partial charge < -0.3 is 20.3 Å². The summed E-state index contributed by atoms with van der Waals surface area (Å²) < 4.78 is 5.59. The van der Waals surface area contributed by atoms with Gasteiger partial charge in [-0.05, 0) is 55.0 Å². The van der Waals surface area contributed by atoms with Crippen molar-refractivity contribution in [3.8, 4) is 0 Å². The van der Waals surface area contributed by atoms with Crippen LogP contribution in [0.3, 0.4) is 0 Å². The molecule has 1 unspecified atom stereocenters. The maximum Gasteiger partial charge on any atom is 0.251 e. The minimum Gasteiger partial charge on any atom is -0.376 e. The van der Waals surface area contributed by atoms with E-state index in [0.29, 0.717) is 18.7 Å². The molecule has 0 spiro atoms. The molecule has 4 rings (SSSR count). The van der Waals surface area contributed by atoms with Gasteiger partial charge in [0.25, 0.3) is 5.91 Å². The van der Waals surface area contributed by atoms with Crippen molar-refractivity contribution in [3.05, 3.63) is 70.8 Å². The molecule has 2 aliphatic rings. The molecular weight excluding hydrogens is 515 g/mol. The molecule has 1 atom stereocenters. The summed E-state index contributed by atoms with van der Waals surface area (Å²) in [5.41, 5.74) is 4.49. The molecule has 2 aromatic carbocycles. The third-order valence-corrected chi connectivity index (χ3v) is 5.88. The Labute approximate surface area is 207 Å². The van der Waals surface area contributed by atoms with Crippen LogP contribution in [0.5, 0.6) is 0 Å². The maximum absolute atomic E-state index is 12.5. The number of hydrogen-bond donors (Lipinski definition) is 2. The molecule has 1 fully saturated rings. The van der Waals surface area contributed by atoms with E-state index in [1.54, 1.807) is 0 Å². The smallest absolute Gasteiger partial charge is 0.251 e. The van der Waals surface area contributed by atoms with Crippen LogP contribution >= 0.6 is 24.0 Å². The van der Waals surface area contributed by atoms with E-state index in [2.05, 4.69) is 46.7 Å². The van der Waals surface area contributed by atoms with Gasteiger partial charge in [0.15, 0.2) is 5.96 Å². The van der Waals surface area contributed by atoms with Gasteiger partial charge in [0.1, 0.15) is 0 Å². The zero-order valence-electron chi connectivity index (χ0n) is 18.7. The van der Waals surface area contributed by atoms with Gasteiger partial charge in [0, 0.05) is 38.3 Å². The molecule has 2 aromatic rings. The molecular formula is C25H33IN4O2. The number of nitrogens with one attached hydrogen (secondary N) is 2. The topological polar surface area (TPSA) is 66.0 Å². The molecule has 172 valence electrons. The van der Waals surface area contributed by atoms with Crippen LogP contribution in [-0.2, 0) is 24.2 Å². The van der Waals surface area contributed by atoms with Crippen LogP contribution in [0.4, 0.5) is 0 Å². The number of fused-ring (bicyclic) bond motifs is 1. The van der Waals surface area contributed by atoms with Crippen LogP contribution in [0, 0.1) is 0 Å². The molecule has 2 N–H and O–H groups in total. The molecule has 1 saturated heterocycles. The number of rotatable bonds is 6. The van der Waals surface area contributed by atoms with Crippen LogP contribution in [0.15, 0.2) is 53.5 Å². The number of guanidine groups is 1. The third kappa shape index (κ3) is 6.45. The van der Waals surface area contributed by atoms with Gasteiger partial charge in [0.05, 0.1) is 12.6 Å². The van der Waals surface area contributed by atoms with Crippen LogP contribution in [-0.4, -0.2) is 49.1 Å². The SMILES string of the molecule is CCNC(=NCc1cccc(C(=O)NCC2CCCO2)c1)N1CCc2ccccc2C1.I. The average molecular weight is 548 g/mol. The first kappa shape index (κ1) is 24.5. The summed E-state index contributed by atoms with van der Waals surface area (Å²) in [7, 11) is 0. The average Bonchev–Trinajstić information content (AvgIpc) is 3.34. The van der Waals surface area contributed by atoms with Gasteiger partial charge in [-0.15, -0.1) is 24.0 Å². The standard InChI is InChI=1S/C25H32N4O2.HI/c1-2-26-25(29-13-12-20-8-3-4-9-22(20)18-29)28-16-19-7-5-10-21(15-19)24(30)27-17-23-11-6-14-31-23;/h3-5,7-10,15,23H,2,6,11-14,16-18H2,1H3,(H,26,28)(H,27,30);1H. The van der Waals surface area contributed by atoms with Crippen molar-refractivity contribution in [2.45, 2.75) is 45.4 Å². The van der Waals surface area contributed by atoms with E-state index in [1.165, 1.54) is 11.1 Å². The minimum atomic E-state index is -0.0547. The molecule has 2 heterocycles. The highest BCUT2D eigenvalue weighted by atomic mass is 127. The second-order valence-corrected chi connectivity index (χ2v) is 8.16. The Bertz CT molecular complexity index is 928. The molecule has 32 heavy (non-hydrogen) atoms. The van der Waals surface area contributed by atoms with Crippen molar-refractivity contribution < 1.29 is 9.53 Å². The summed E-state index contributed by atoms with van der Waals surface area (Å²) in [6.07, 6.45) is 3.27. The first-order chi connectivity index (χ1) is 15.2. The predicted octanol–water partition coefficient (Wildman–Crippen LogP) is 3.74. The molecule has 2 aliphatic heterocycles. The lowest BCUT2D eigenvalue weighted by Gasteiger charge is -2.31. The van der Waals surface area contributed by atoms with Gasteiger partial charge in [-0.2, -0.15) is 0 Å². The van der Waals surface area contributed by atoms with E-state index >= 15 is 0 Å². The number of nitrogens with zero attached hydrogens (tertiary/aromatic N) is 2. The molecule has 0 radical (unpaired) electrons. The monoisotopic (exact) mass is 548 g/mol. The Kier molecular flexibility index (Phi) is 9.35. The minimum absolute atomic E-state index is 0. The van der Waals surface area contributed by atoms with Gasteiger partial charge in [0.2, 0.25) is 0 Å². The number of carbonyl (C=O) groups is 1. The fraction of sp³-hybridized carbons (Fsp3) is 0.440. The van der Waals surface area contributed by atoms with Crippen molar-refractivity contribution in [2.75, 3.05) is 26.2 Å². The fourth-order valence-corrected chi connectivity index (χ4v) is 4.19. The lowest BCUT2D eigenvalue weighted by Crippen LogP contribution is -2.44. The molecule has 0 aromatic heterocycles. The second kappa shape index (κ2) is 12.2. The number of benzene rings is 2. The van der Waals surface area contributed by atoms with Crippen molar-refractivity contribution in [3.63, 3.8) is 0 Å². The Balaban J connectivity index is 0.00000289. The highest BCUT2D eigenvalue weighted by Gasteiger charge is 2.19. The van der Waals surface area contributed by atoms with E-state index in [9.17, 15) is 4.79 Å². The highest BCUT2D eigenvalue weighted by Crippen LogP contribution is 2.19. The lowest BCUT2D eigenvalue weighted by molar-refractivity contribution is 0.0857. The number of halogens is 1. The van der Waals surface area contributed by atoms with Crippen LogP contribution < -0.4 is 10.6 Å². The van der Waals surface area contributed by atoms with Crippen LogP contribution in [0.2, 0.25) is 0 Å². The summed E-state index contributed by atoms with van der Waals surface area (Å²) >= 11 is 0. The number of ether oxygens (including phenoxy) is 1. The summed E-state index contributed by atoms with van der Waals surface area (Å²) in [5.74, 6) is 0.867. The molecule has 7 heteroatoms. The Morgan fingerprint density at radius 1 is 1.16 bits per heavy atom. The van der Waals surface area contributed by atoms with Crippen LogP contribution in [0.25, 0.3) is 0 Å². The summed E-state index contributed by atoms with van der Waals surface area (Å²) in [4.78, 5) is 19.7. The zero-order valence-corrected chi connectivity index (χ0v) is 21.0. The molecule has 0 saturated carbocycles. The molecule has 1 amide bonds. The number of hydrogen-bond acceptors (Lipinski definition) is 3. The summed E-state index contributed by atoms with van der Waals surface area (Å²) in [6.45, 7) is 6.64. The first-order valence-electron chi connectivity index (χ1n) is 11.3. The highest BCUT2D eigenvalue weighted by molar-refractivity contribution is 14.0. The van der Waals surface area contributed by atoms with Crippen molar-refractivity contribution in [1.82, 2.24) is 15.5 Å². The number of carbonyl (C=O) groups excluding carboxylic acids is 1. The van der Waals surface area contributed by atoms with Gasteiger partial charge in [-0.25, -0.2) is 4.99 Å². The zero-order chi connectivity index (χ0) is 21.5. The Morgan fingerprint density at radius 2 is 2.00 bits per heavy atom. The maximum atomic E-state index is 12.5. The first-order valence-corrected chi connectivity index (χ1v) is 11.3. The van der Waals surface area contributed by atoms with Crippen molar-refractivity contribution in [2.24, 2.45) is 4.99 Å². The number of amides is 1. The quantitative estimate of drug-likeness (QED) is 0.328. The van der Waals surface area contributed by atoms with E-state index in [4.69, 9.17) is 9.73 Å². The van der Waals surface area contributed by atoms with E-state index < -0.39 is 0 Å².